The molecule has 176 valence electrons. The summed E-state index contributed by atoms with van der Waals surface area (Å²) in [7, 11) is 1.58. The van der Waals surface area contributed by atoms with Crippen molar-refractivity contribution in [2.75, 3.05) is 25.6 Å². The van der Waals surface area contributed by atoms with Gasteiger partial charge in [0.05, 0.1) is 12.3 Å². The first-order chi connectivity index (χ1) is 15.7. The first kappa shape index (κ1) is 24.9. The molecule has 2 unspecified atom stereocenters. The van der Waals surface area contributed by atoms with Gasteiger partial charge >= 0.3 is 6.03 Å². The second-order valence-electron chi connectivity index (χ2n) is 7.80. The largest absolute Gasteiger partial charge is 0.491 e. The van der Waals surface area contributed by atoms with Crippen molar-refractivity contribution in [1.29, 1.82) is 0 Å². The summed E-state index contributed by atoms with van der Waals surface area (Å²) in [5, 5.41) is 5.14. The molecule has 3 rings (SSSR count). The molecule has 2 atom stereocenters. The molecule has 0 saturated carbocycles. The van der Waals surface area contributed by atoms with Gasteiger partial charge in [-0.1, -0.05) is 26.0 Å². The number of hydrogen-bond donors (Lipinski definition) is 2. The van der Waals surface area contributed by atoms with E-state index in [1.54, 1.807) is 51.3 Å². The SMILES string of the molecule is COCCOc1ccc(C2NC(=O)N(C(C(=O)Nc3ccc(I)cc3F)C(C)C)C2=O)cc1. The number of imide groups is 1. The van der Waals surface area contributed by atoms with E-state index in [1.807, 2.05) is 22.6 Å². The zero-order valence-corrected chi connectivity index (χ0v) is 20.6. The lowest BCUT2D eigenvalue weighted by atomic mass is 10.0. The van der Waals surface area contributed by atoms with Crippen molar-refractivity contribution < 1.29 is 28.2 Å². The monoisotopic (exact) mass is 569 g/mol. The van der Waals surface area contributed by atoms with Crippen LogP contribution in [-0.4, -0.2) is 49.1 Å². The molecule has 10 heteroatoms. The summed E-state index contributed by atoms with van der Waals surface area (Å²) in [4.78, 5) is 39.8. The third-order valence-corrected chi connectivity index (χ3v) is 5.78. The Morgan fingerprint density at radius 3 is 2.48 bits per heavy atom. The number of carbonyl (C=O) groups excluding carboxylic acids is 3. The third-order valence-electron chi connectivity index (χ3n) is 5.11. The van der Waals surface area contributed by atoms with E-state index in [4.69, 9.17) is 9.47 Å². The summed E-state index contributed by atoms with van der Waals surface area (Å²) in [6.45, 7) is 4.26. The zero-order chi connectivity index (χ0) is 24.1. The van der Waals surface area contributed by atoms with Gasteiger partial charge in [0, 0.05) is 10.7 Å². The normalized spacial score (nSPS) is 16.7. The molecule has 2 aromatic rings. The molecule has 0 spiro atoms. The molecule has 1 aliphatic heterocycles. The summed E-state index contributed by atoms with van der Waals surface area (Å²) in [5.74, 6) is -1.59. The Morgan fingerprint density at radius 1 is 1.18 bits per heavy atom. The van der Waals surface area contributed by atoms with Gasteiger partial charge in [0.25, 0.3) is 5.91 Å². The highest BCUT2D eigenvalue weighted by Gasteiger charge is 2.46. The van der Waals surface area contributed by atoms with Crippen molar-refractivity contribution in [1.82, 2.24) is 10.2 Å². The fraction of sp³-hybridized carbons (Fsp3) is 0.348. The van der Waals surface area contributed by atoms with Crippen LogP contribution in [0.1, 0.15) is 25.5 Å². The van der Waals surface area contributed by atoms with E-state index < -0.39 is 41.7 Å². The van der Waals surface area contributed by atoms with Crippen LogP contribution in [0.15, 0.2) is 42.5 Å². The predicted octanol–water partition coefficient (Wildman–Crippen LogP) is 3.71. The van der Waals surface area contributed by atoms with Gasteiger partial charge in [0.2, 0.25) is 5.91 Å². The van der Waals surface area contributed by atoms with Crippen LogP contribution in [0.5, 0.6) is 5.75 Å². The Hall–Kier alpha value is -2.73. The van der Waals surface area contributed by atoms with Gasteiger partial charge in [-0.3, -0.25) is 9.59 Å². The number of methoxy groups -OCH3 is 1. The topological polar surface area (TPSA) is 97.0 Å². The highest BCUT2D eigenvalue weighted by atomic mass is 127. The number of anilines is 1. The van der Waals surface area contributed by atoms with E-state index in [2.05, 4.69) is 10.6 Å². The molecule has 0 aliphatic carbocycles. The van der Waals surface area contributed by atoms with E-state index in [0.29, 0.717) is 28.1 Å². The minimum Gasteiger partial charge on any atom is -0.491 e. The summed E-state index contributed by atoms with van der Waals surface area (Å²) in [6.07, 6.45) is 0. The fourth-order valence-electron chi connectivity index (χ4n) is 3.50. The summed E-state index contributed by atoms with van der Waals surface area (Å²) >= 11 is 1.96. The van der Waals surface area contributed by atoms with Crippen LogP contribution >= 0.6 is 22.6 Å². The molecule has 2 N–H and O–H groups in total. The number of halogens is 2. The number of benzene rings is 2. The maximum absolute atomic E-state index is 14.2. The number of carbonyl (C=O) groups is 3. The first-order valence-corrected chi connectivity index (χ1v) is 11.4. The molecule has 2 aromatic carbocycles. The highest BCUT2D eigenvalue weighted by molar-refractivity contribution is 14.1. The lowest BCUT2D eigenvalue weighted by Crippen LogP contribution is -2.50. The number of urea groups is 1. The average Bonchev–Trinajstić information content (AvgIpc) is 3.05. The van der Waals surface area contributed by atoms with Gasteiger partial charge < -0.3 is 20.1 Å². The van der Waals surface area contributed by atoms with Crippen LogP contribution in [-0.2, 0) is 14.3 Å². The third kappa shape index (κ3) is 5.80. The highest BCUT2D eigenvalue weighted by Crippen LogP contribution is 2.28. The second kappa shape index (κ2) is 10.9. The summed E-state index contributed by atoms with van der Waals surface area (Å²) < 4.78 is 25.4. The number of hydrogen-bond acceptors (Lipinski definition) is 5. The fourth-order valence-corrected chi connectivity index (χ4v) is 3.95. The molecule has 0 radical (unpaired) electrons. The standard InChI is InChI=1S/C23H25FIN3O5/c1-13(2)20(21(29)26-18-9-6-15(25)12-17(18)24)28-22(30)19(27-23(28)31)14-4-7-16(8-5-14)33-11-10-32-3/h4-9,12-13,19-20H,10-11H2,1-3H3,(H,26,29)(H,27,31). The van der Waals surface area contributed by atoms with Gasteiger partial charge in [-0.15, -0.1) is 0 Å². The van der Waals surface area contributed by atoms with Crippen molar-refractivity contribution in [3.05, 3.63) is 57.4 Å². The molecule has 1 saturated heterocycles. The average molecular weight is 569 g/mol. The first-order valence-electron chi connectivity index (χ1n) is 10.3. The maximum Gasteiger partial charge on any atom is 0.325 e. The quantitative estimate of drug-likeness (QED) is 0.273. The smallest absolute Gasteiger partial charge is 0.325 e. The van der Waals surface area contributed by atoms with Crippen LogP contribution in [0.2, 0.25) is 0 Å². The van der Waals surface area contributed by atoms with E-state index >= 15 is 0 Å². The van der Waals surface area contributed by atoms with Gasteiger partial charge in [-0.25, -0.2) is 14.1 Å². The lowest BCUT2D eigenvalue weighted by Gasteiger charge is -2.27. The van der Waals surface area contributed by atoms with Gasteiger partial charge in [0.1, 0.15) is 30.3 Å². The van der Waals surface area contributed by atoms with Gasteiger partial charge in [-0.05, 0) is 64.4 Å². The summed E-state index contributed by atoms with van der Waals surface area (Å²) in [5.41, 5.74) is 0.542. The van der Waals surface area contributed by atoms with Crippen LogP contribution in [0.4, 0.5) is 14.9 Å². The molecule has 1 aliphatic rings. The van der Waals surface area contributed by atoms with Crippen LogP contribution in [0, 0.1) is 15.3 Å². The number of nitrogens with one attached hydrogen (secondary N) is 2. The van der Waals surface area contributed by atoms with Gasteiger partial charge in [-0.2, -0.15) is 0 Å². The van der Waals surface area contributed by atoms with Crippen molar-refractivity contribution in [3.8, 4) is 5.75 Å². The van der Waals surface area contributed by atoms with E-state index in [1.165, 1.54) is 12.1 Å². The molecule has 33 heavy (non-hydrogen) atoms. The van der Waals surface area contributed by atoms with E-state index in [0.717, 1.165) is 4.90 Å². The van der Waals surface area contributed by atoms with Crippen molar-refractivity contribution in [2.24, 2.45) is 5.92 Å². The zero-order valence-electron chi connectivity index (χ0n) is 18.4. The van der Waals surface area contributed by atoms with Crippen LogP contribution < -0.4 is 15.4 Å². The van der Waals surface area contributed by atoms with Crippen molar-refractivity contribution in [3.63, 3.8) is 0 Å². The van der Waals surface area contributed by atoms with Crippen LogP contribution in [0.25, 0.3) is 0 Å². The predicted molar refractivity (Wildman–Crippen MR) is 128 cm³/mol. The molecular weight excluding hydrogens is 544 g/mol. The van der Waals surface area contributed by atoms with Crippen molar-refractivity contribution >= 4 is 46.1 Å². The molecule has 4 amide bonds. The minimum atomic E-state index is -1.11. The maximum atomic E-state index is 14.2. The number of amides is 4. The lowest BCUT2D eigenvalue weighted by molar-refractivity contribution is -0.135. The molecular formula is C23H25FIN3O5. The van der Waals surface area contributed by atoms with E-state index in [9.17, 15) is 18.8 Å². The Balaban J connectivity index is 1.77. The minimum absolute atomic E-state index is 0.0151. The molecule has 1 heterocycles. The van der Waals surface area contributed by atoms with Gasteiger partial charge in [0.15, 0.2) is 0 Å². The van der Waals surface area contributed by atoms with Crippen molar-refractivity contribution in [2.45, 2.75) is 25.9 Å². The Kier molecular flexibility index (Phi) is 8.25. The molecule has 0 aromatic heterocycles. The summed E-state index contributed by atoms with van der Waals surface area (Å²) in [6, 6.07) is 8.40. The second-order valence-corrected chi connectivity index (χ2v) is 9.05. The van der Waals surface area contributed by atoms with E-state index in [-0.39, 0.29) is 5.69 Å². The van der Waals surface area contributed by atoms with Crippen LogP contribution in [0.3, 0.4) is 0 Å². The molecule has 8 nitrogen and oxygen atoms in total. The molecule has 1 fully saturated rings. The molecule has 0 bridgehead atoms. The number of nitrogens with zero attached hydrogens (tertiary/aromatic N) is 1. The number of rotatable bonds is 9. The Bertz CT molecular complexity index is 1030. The Labute approximate surface area is 204 Å². The Morgan fingerprint density at radius 2 is 1.88 bits per heavy atom. The number of ether oxygens (including phenoxy) is 2.